The molecule has 0 spiro atoms. The number of nitrogens with zero attached hydrogens (tertiary/aromatic N) is 2. The lowest BCUT2D eigenvalue weighted by Gasteiger charge is -2.15. The minimum Gasteiger partial charge on any atom is -0.461 e. The number of ether oxygens (including phenoxy) is 2. The molecule has 1 N–H and O–H groups in total. The van der Waals surface area contributed by atoms with Crippen molar-refractivity contribution in [3.05, 3.63) is 78.1 Å². The molecule has 0 saturated carbocycles. The van der Waals surface area contributed by atoms with Gasteiger partial charge in [-0.1, -0.05) is 42.5 Å². The van der Waals surface area contributed by atoms with Gasteiger partial charge in [0.25, 0.3) is 5.91 Å². The third-order valence-electron chi connectivity index (χ3n) is 4.19. The van der Waals surface area contributed by atoms with E-state index in [1.807, 2.05) is 42.5 Å². The Morgan fingerprint density at radius 3 is 2.55 bits per heavy atom. The summed E-state index contributed by atoms with van der Waals surface area (Å²) in [6.07, 6.45) is 1.00. The number of rotatable bonds is 8. The summed E-state index contributed by atoms with van der Waals surface area (Å²) in [5.74, 6) is -0.762. The molecule has 2 aromatic carbocycles. The van der Waals surface area contributed by atoms with E-state index in [1.165, 1.54) is 4.68 Å². The number of carbonyl (C=O) groups excluding carboxylic acids is 2. The molecule has 3 rings (SSSR count). The minimum absolute atomic E-state index is 0.201. The highest BCUT2D eigenvalue weighted by molar-refractivity contribution is 5.95. The van der Waals surface area contributed by atoms with E-state index in [0.717, 1.165) is 5.56 Å². The highest BCUT2D eigenvalue weighted by Crippen LogP contribution is 2.20. The van der Waals surface area contributed by atoms with E-state index in [-0.39, 0.29) is 18.2 Å². The van der Waals surface area contributed by atoms with Crippen LogP contribution in [0.4, 0.5) is 5.69 Å². The summed E-state index contributed by atoms with van der Waals surface area (Å²) in [5.41, 5.74) is 2.39. The largest absolute Gasteiger partial charge is 0.461 e. The lowest BCUT2D eigenvalue weighted by Crippen LogP contribution is -2.28. The molecule has 0 aliphatic carbocycles. The molecule has 0 aliphatic heterocycles. The van der Waals surface area contributed by atoms with Crippen LogP contribution in [0.2, 0.25) is 0 Å². The van der Waals surface area contributed by atoms with Crippen LogP contribution in [0.5, 0.6) is 0 Å². The van der Waals surface area contributed by atoms with Crippen molar-refractivity contribution in [1.82, 2.24) is 9.78 Å². The Balaban J connectivity index is 1.68. The van der Waals surface area contributed by atoms with Crippen molar-refractivity contribution >= 4 is 17.6 Å². The monoisotopic (exact) mass is 393 g/mol. The quantitative estimate of drug-likeness (QED) is 0.592. The fourth-order valence-corrected chi connectivity index (χ4v) is 2.66. The molecule has 0 saturated heterocycles. The molecule has 0 fully saturated rings. The van der Waals surface area contributed by atoms with Gasteiger partial charge in [0.1, 0.15) is 6.10 Å². The lowest BCUT2D eigenvalue weighted by atomic mass is 10.2. The standard InChI is InChI=1S/C22H23N3O4/c1-3-28-22(27)19-13-14-25(24-19)20-12-8-7-11-18(20)23-21(26)16(2)29-15-17-9-5-4-6-10-17/h4-14,16H,3,15H2,1-2H3,(H,23,26). The van der Waals surface area contributed by atoms with E-state index in [9.17, 15) is 9.59 Å². The van der Waals surface area contributed by atoms with E-state index in [1.54, 1.807) is 38.2 Å². The third kappa shape index (κ3) is 5.30. The summed E-state index contributed by atoms with van der Waals surface area (Å²) in [6.45, 7) is 4.06. The van der Waals surface area contributed by atoms with Gasteiger partial charge in [0.15, 0.2) is 5.69 Å². The van der Waals surface area contributed by atoms with Crippen LogP contribution in [0.1, 0.15) is 29.9 Å². The SMILES string of the molecule is CCOC(=O)c1ccn(-c2ccccc2NC(=O)C(C)OCc2ccccc2)n1. The molecular formula is C22H23N3O4. The Morgan fingerprint density at radius 1 is 1.07 bits per heavy atom. The first-order valence-electron chi connectivity index (χ1n) is 9.37. The zero-order valence-corrected chi connectivity index (χ0v) is 16.4. The topological polar surface area (TPSA) is 82.5 Å². The van der Waals surface area contributed by atoms with Crippen LogP contribution >= 0.6 is 0 Å². The van der Waals surface area contributed by atoms with Gasteiger partial charge in [-0.05, 0) is 37.6 Å². The fraction of sp³-hybridized carbons (Fsp3) is 0.227. The fourth-order valence-electron chi connectivity index (χ4n) is 2.66. The first-order chi connectivity index (χ1) is 14.1. The molecule has 3 aromatic rings. The van der Waals surface area contributed by atoms with E-state index < -0.39 is 12.1 Å². The van der Waals surface area contributed by atoms with E-state index in [4.69, 9.17) is 9.47 Å². The van der Waals surface area contributed by atoms with Gasteiger partial charge in [-0.2, -0.15) is 5.10 Å². The predicted octanol–water partition coefficient (Wildman–Crippen LogP) is 3.59. The molecule has 1 aromatic heterocycles. The van der Waals surface area contributed by atoms with Crippen LogP contribution in [0.25, 0.3) is 5.69 Å². The number of amides is 1. The van der Waals surface area contributed by atoms with Crippen LogP contribution in [0, 0.1) is 0 Å². The highest BCUT2D eigenvalue weighted by atomic mass is 16.5. The van der Waals surface area contributed by atoms with Gasteiger partial charge in [0, 0.05) is 6.20 Å². The zero-order chi connectivity index (χ0) is 20.6. The van der Waals surface area contributed by atoms with Gasteiger partial charge >= 0.3 is 5.97 Å². The number of nitrogens with one attached hydrogen (secondary N) is 1. The predicted molar refractivity (Wildman–Crippen MR) is 109 cm³/mol. The Hall–Kier alpha value is -3.45. The van der Waals surface area contributed by atoms with Gasteiger partial charge in [-0.3, -0.25) is 4.79 Å². The molecule has 1 atom stereocenters. The summed E-state index contributed by atoms with van der Waals surface area (Å²) in [7, 11) is 0. The Labute approximate surface area is 169 Å². The second kappa shape index (κ2) is 9.66. The van der Waals surface area contributed by atoms with E-state index in [2.05, 4.69) is 10.4 Å². The molecular weight excluding hydrogens is 370 g/mol. The Bertz CT molecular complexity index is 969. The van der Waals surface area contributed by atoms with Gasteiger partial charge in [-0.15, -0.1) is 0 Å². The van der Waals surface area contributed by atoms with E-state index in [0.29, 0.717) is 18.0 Å². The number of hydrogen-bond acceptors (Lipinski definition) is 5. The zero-order valence-electron chi connectivity index (χ0n) is 16.4. The van der Waals surface area contributed by atoms with Gasteiger partial charge < -0.3 is 14.8 Å². The maximum absolute atomic E-state index is 12.6. The van der Waals surface area contributed by atoms with Crippen molar-refractivity contribution in [1.29, 1.82) is 0 Å². The summed E-state index contributed by atoms with van der Waals surface area (Å²) < 4.78 is 12.2. The summed E-state index contributed by atoms with van der Waals surface area (Å²) >= 11 is 0. The van der Waals surface area contributed by atoms with E-state index >= 15 is 0 Å². The molecule has 7 heteroatoms. The molecule has 0 radical (unpaired) electrons. The minimum atomic E-state index is -0.643. The van der Waals surface area contributed by atoms with Gasteiger partial charge in [-0.25, -0.2) is 9.48 Å². The molecule has 0 aliphatic rings. The number of para-hydroxylation sites is 2. The average Bonchev–Trinajstić information content (AvgIpc) is 3.23. The molecule has 1 amide bonds. The van der Waals surface area contributed by atoms with Crippen molar-refractivity contribution in [2.45, 2.75) is 26.6 Å². The molecule has 7 nitrogen and oxygen atoms in total. The maximum atomic E-state index is 12.6. The number of anilines is 1. The van der Waals surface area contributed by atoms with Crippen molar-refractivity contribution in [2.24, 2.45) is 0 Å². The van der Waals surface area contributed by atoms with Crippen molar-refractivity contribution in [3.63, 3.8) is 0 Å². The lowest BCUT2D eigenvalue weighted by molar-refractivity contribution is -0.127. The average molecular weight is 393 g/mol. The summed E-state index contributed by atoms with van der Waals surface area (Å²) in [4.78, 5) is 24.4. The van der Waals surface area contributed by atoms with Crippen LogP contribution in [-0.4, -0.2) is 34.4 Å². The number of aromatic nitrogens is 2. The summed E-state index contributed by atoms with van der Waals surface area (Å²) in [5, 5.41) is 7.12. The third-order valence-corrected chi connectivity index (χ3v) is 4.19. The number of esters is 1. The van der Waals surface area contributed by atoms with Gasteiger partial charge in [0.2, 0.25) is 0 Å². The number of hydrogen-bond donors (Lipinski definition) is 1. The molecule has 150 valence electrons. The first-order valence-corrected chi connectivity index (χ1v) is 9.37. The smallest absolute Gasteiger partial charge is 0.358 e. The maximum Gasteiger partial charge on any atom is 0.358 e. The van der Waals surface area contributed by atoms with Crippen LogP contribution < -0.4 is 5.32 Å². The van der Waals surface area contributed by atoms with Gasteiger partial charge in [0.05, 0.1) is 24.6 Å². The number of benzene rings is 2. The van der Waals surface area contributed by atoms with Crippen molar-refractivity contribution in [3.8, 4) is 5.69 Å². The van der Waals surface area contributed by atoms with Crippen molar-refractivity contribution in [2.75, 3.05) is 11.9 Å². The molecule has 0 bridgehead atoms. The first kappa shape index (κ1) is 20.3. The Kier molecular flexibility index (Phi) is 6.76. The molecule has 1 unspecified atom stereocenters. The Morgan fingerprint density at radius 2 is 1.79 bits per heavy atom. The second-order valence-corrected chi connectivity index (χ2v) is 6.31. The highest BCUT2D eigenvalue weighted by Gasteiger charge is 2.17. The van der Waals surface area contributed by atoms with Crippen molar-refractivity contribution < 1.29 is 19.1 Å². The molecule has 1 heterocycles. The second-order valence-electron chi connectivity index (χ2n) is 6.31. The normalized spacial score (nSPS) is 11.7. The van der Waals surface area contributed by atoms with Crippen LogP contribution in [0.3, 0.4) is 0 Å². The molecule has 29 heavy (non-hydrogen) atoms. The summed E-state index contributed by atoms with van der Waals surface area (Å²) in [6, 6.07) is 18.4. The van der Waals surface area contributed by atoms with Crippen LogP contribution in [-0.2, 0) is 20.9 Å². The number of carbonyl (C=O) groups is 2. The van der Waals surface area contributed by atoms with Crippen LogP contribution in [0.15, 0.2) is 66.9 Å².